The summed E-state index contributed by atoms with van der Waals surface area (Å²) in [5.74, 6) is 0. The SMILES string of the molecule is Cc1ccc(CCO[SiH2]OCCc2ccc(C)cc2)cc1. The Morgan fingerprint density at radius 1 is 0.667 bits per heavy atom. The van der Waals surface area contributed by atoms with Crippen LogP contribution in [-0.2, 0) is 21.7 Å². The summed E-state index contributed by atoms with van der Waals surface area (Å²) in [5, 5.41) is 0. The topological polar surface area (TPSA) is 18.5 Å². The fourth-order valence-corrected chi connectivity index (χ4v) is 2.71. The first-order chi connectivity index (χ1) is 10.2. The molecule has 0 radical (unpaired) electrons. The summed E-state index contributed by atoms with van der Waals surface area (Å²) < 4.78 is 11.3. The minimum absolute atomic E-state index is 0.764. The summed E-state index contributed by atoms with van der Waals surface area (Å²) in [5.41, 5.74) is 5.26. The van der Waals surface area contributed by atoms with E-state index < -0.39 is 10.0 Å². The van der Waals surface area contributed by atoms with E-state index in [9.17, 15) is 0 Å². The van der Waals surface area contributed by atoms with Gasteiger partial charge >= 0.3 is 10.0 Å². The standard InChI is InChI=1S/C18H24O2Si/c1-15-3-7-17(8-4-15)11-13-19-21-20-14-12-18-9-5-16(2)6-10-18/h3-10H,11-14,21H2,1-2H3. The minimum Gasteiger partial charge on any atom is -0.398 e. The Labute approximate surface area is 130 Å². The fourth-order valence-electron chi connectivity index (χ4n) is 2.07. The highest BCUT2D eigenvalue weighted by molar-refractivity contribution is 6.17. The summed E-state index contributed by atoms with van der Waals surface area (Å²) >= 11 is 0. The molecule has 0 spiro atoms. The van der Waals surface area contributed by atoms with E-state index in [0.717, 1.165) is 26.1 Å². The van der Waals surface area contributed by atoms with Crippen molar-refractivity contribution in [3.63, 3.8) is 0 Å². The molecule has 0 aliphatic carbocycles. The van der Waals surface area contributed by atoms with Crippen LogP contribution in [0.4, 0.5) is 0 Å². The molecule has 3 heteroatoms. The first kappa shape index (κ1) is 16.0. The van der Waals surface area contributed by atoms with Crippen LogP contribution in [0.3, 0.4) is 0 Å². The summed E-state index contributed by atoms with van der Waals surface area (Å²) in [6.45, 7) is 5.74. The predicted octanol–water partition coefficient (Wildman–Crippen LogP) is 3.12. The molecule has 0 aliphatic heterocycles. The first-order valence-corrected chi connectivity index (χ1v) is 8.66. The maximum absolute atomic E-state index is 5.64. The molecule has 0 saturated heterocycles. The molecule has 0 atom stereocenters. The summed E-state index contributed by atoms with van der Waals surface area (Å²) in [6, 6.07) is 17.2. The molecule has 2 aromatic rings. The number of benzene rings is 2. The lowest BCUT2D eigenvalue weighted by Crippen LogP contribution is -2.09. The molecule has 21 heavy (non-hydrogen) atoms. The largest absolute Gasteiger partial charge is 0.398 e. The van der Waals surface area contributed by atoms with E-state index in [1.54, 1.807) is 0 Å². The predicted molar refractivity (Wildman–Crippen MR) is 90.2 cm³/mol. The van der Waals surface area contributed by atoms with Gasteiger partial charge in [-0.15, -0.1) is 0 Å². The van der Waals surface area contributed by atoms with Gasteiger partial charge < -0.3 is 8.85 Å². The van der Waals surface area contributed by atoms with Gasteiger partial charge in [-0.3, -0.25) is 0 Å². The highest BCUT2D eigenvalue weighted by Crippen LogP contribution is 2.05. The summed E-state index contributed by atoms with van der Waals surface area (Å²) in [7, 11) is -0.836. The summed E-state index contributed by atoms with van der Waals surface area (Å²) in [4.78, 5) is 0. The average Bonchev–Trinajstić information content (AvgIpc) is 2.50. The molecular weight excluding hydrogens is 276 g/mol. The molecule has 2 nitrogen and oxygen atoms in total. The van der Waals surface area contributed by atoms with Gasteiger partial charge in [0, 0.05) is 13.2 Å². The third-order valence-corrected chi connectivity index (χ3v) is 4.39. The van der Waals surface area contributed by atoms with Crippen molar-refractivity contribution >= 4 is 10.0 Å². The number of hydrogen-bond donors (Lipinski definition) is 0. The smallest absolute Gasteiger partial charge is 0.304 e. The Morgan fingerprint density at radius 3 is 1.43 bits per heavy atom. The second-order valence-electron chi connectivity index (χ2n) is 5.41. The molecule has 112 valence electrons. The molecule has 0 heterocycles. The van der Waals surface area contributed by atoms with E-state index in [1.165, 1.54) is 22.3 Å². The Morgan fingerprint density at radius 2 is 1.05 bits per heavy atom. The van der Waals surface area contributed by atoms with Gasteiger partial charge in [-0.2, -0.15) is 0 Å². The highest BCUT2D eigenvalue weighted by Gasteiger charge is 1.96. The van der Waals surface area contributed by atoms with E-state index in [2.05, 4.69) is 62.4 Å². The van der Waals surface area contributed by atoms with Gasteiger partial charge in [-0.25, -0.2) is 0 Å². The second kappa shape index (κ2) is 8.77. The number of aryl methyl sites for hydroxylation is 2. The van der Waals surface area contributed by atoms with Gasteiger partial charge in [0.1, 0.15) is 0 Å². The van der Waals surface area contributed by atoms with Crippen LogP contribution >= 0.6 is 0 Å². The Balaban J connectivity index is 1.52. The lowest BCUT2D eigenvalue weighted by Gasteiger charge is -2.06. The van der Waals surface area contributed by atoms with E-state index >= 15 is 0 Å². The maximum Gasteiger partial charge on any atom is 0.304 e. The van der Waals surface area contributed by atoms with Crippen molar-refractivity contribution in [1.29, 1.82) is 0 Å². The average molecular weight is 300 g/mol. The zero-order chi connectivity index (χ0) is 14.9. The van der Waals surface area contributed by atoms with Gasteiger partial charge in [0.25, 0.3) is 0 Å². The zero-order valence-corrected chi connectivity index (χ0v) is 14.4. The Bertz CT molecular complexity index is 470. The van der Waals surface area contributed by atoms with Gasteiger partial charge in [0.05, 0.1) is 0 Å². The van der Waals surface area contributed by atoms with Crippen LogP contribution in [0.5, 0.6) is 0 Å². The fraction of sp³-hybridized carbons (Fsp3) is 0.333. The van der Waals surface area contributed by atoms with Gasteiger partial charge in [0.15, 0.2) is 0 Å². The Kier molecular flexibility index (Phi) is 6.67. The Hall–Kier alpha value is -1.42. The van der Waals surface area contributed by atoms with Crippen molar-refractivity contribution in [2.75, 3.05) is 13.2 Å². The summed E-state index contributed by atoms with van der Waals surface area (Å²) in [6.07, 6.45) is 1.93. The molecule has 2 rings (SSSR count). The minimum atomic E-state index is -0.836. The van der Waals surface area contributed by atoms with Crippen molar-refractivity contribution in [2.24, 2.45) is 0 Å². The third-order valence-electron chi connectivity index (χ3n) is 3.48. The lowest BCUT2D eigenvalue weighted by molar-refractivity contribution is 0.225. The van der Waals surface area contributed by atoms with Crippen LogP contribution in [0.2, 0.25) is 0 Å². The third kappa shape index (κ3) is 6.25. The van der Waals surface area contributed by atoms with Crippen LogP contribution in [0.25, 0.3) is 0 Å². The van der Waals surface area contributed by atoms with Crippen molar-refractivity contribution in [1.82, 2.24) is 0 Å². The molecule has 0 saturated carbocycles. The van der Waals surface area contributed by atoms with E-state index in [-0.39, 0.29) is 0 Å². The van der Waals surface area contributed by atoms with Crippen LogP contribution in [0.1, 0.15) is 22.3 Å². The van der Waals surface area contributed by atoms with Crippen LogP contribution in [0.15, 0.2) is 48.5 Å². The van der Waals surface area contributed by atoms with Crippen LogP contribution < -0.4 is 0 Å². The second-order valence-corrected chi connectivity index (χ2v) is 6.46. The lowest BCUT2D eigenvalue weighted by atomic mass is 10.1. The first-order valence-electron chi connectivity index (χ1n) is 7.50. The molecule has 0 aromatic heterocycles. The van der Waals surface area contributed by atoms with Crippen molar-refractivity contribution in [3.05, 3.63) is 70.8 Å². The van der Waals surface area contributed by atoms with Crippen molar-refractivity contribution < 1.29 is 8.85 Å². The van der Waals surface area contributed by atoms with Crippen molar-refractivity contribution in [2.45, 2.75) is 26.7 Å². The molecule has 0 fully saturated rings. The van der Waals surface area contributed by atoms with E-state index in [1.807, 2.05) is 0 Å². The monoisotopic (exact) mass is 300 g/mol. The molecule has 0 N–H and O–H groups in total. The van der Waals surface area contributed by atoms with E-state index in [0.29, 0.717) is 0 Å². The highest BCUT2D eigenvalue weighted by atomic mass is 28.3. The van der Waals surface area contributed by atoms with Crippen LogP contribution in [-0.4, -0.2) is 23.2 Å². The number of hydrogen-bond acceptors (Lipinski definition) is 2. The molecular formula is C18H24O2Si. The molecule has 0 bridgehead atoms. The van der Waals surface area contributed by atoms with Crippen molar-refractivity contribution in [3.8, 4) is 0 Å². The molecule has 2 aromatic carbocycles. The molecule has 0 aliphatic rings. The zero-order valence-electron chi connectivity index (χ0n) is 13.0. The van der Waals surface area contributed by atoms with Gasteiger partial charge in [0.2, 0.25) is 0 Å². The maximum atomic E-state index is 5.64. The van der Waals surface area contributed by atoms with E-state index in [4.69, 9.17) is 8.85 Å². The van der Waals surface area contributed by atoms with Gasteiger partial charge in [-0.1, -0.05) is 59.7 Å². The van der Waals surface area contributed by atoms with Crippen LogP contribution in [0, 0.1) is 13.8 Å². The molecule has 0 unspecified atom stereocenters. The van der Waals surface area contributed by atoms with Gasteiger partial charge in [-0.05, 0) is 37.8 Å². The number of rotatable bonds is 8. The molecule has 0 amide bonds. The normalized spacial score (nSPS) is 10.8. The quantitative estimate of drug-likeness (QED) is 0.551.